The highest BCUT2D eigenvalue weighted by molar-refractivity contribution is 8.71. The Morgan fingerprint density at radius 1 is 0.535 bits per heavy atom. The Labute approximate surface area is 263 Å². The summed E-state index contributed by atoms with van der Waals surface area (Å²) in [4.78, 5) is 26.4. The van der Waals surface area contributed by atoms with Gasteiger partial charge in [-0.15, -0.1) is 31.5 Å². The van der Waals surface area contributed by atoms with Crippen molar-refractivity contribution in [1.82, 2.24) is 0 Å². The molecule has 43 heavy (non-hydrogen) atoms. The number of halogens is 1. The average Bonchev–Trinajstić information content (AvgIpc) is 3.02. The Morgan fingerprint density at radius 2 is 0.814 bits per heavy atom. The standard InChI is InChI=1S/C31H27ClN6O2S2Si/c1-43(32,41-30(33)37-35-26(22-14-6-2-7-15-22)28(39)24-18-10-4-11-19-24)42-31(34)38-36-27(23-16-8-3-9-17-23)29(40)25-20-12-5-13-21-25/h2-21H,1H3,(H2,33,37)(H2,34,38)/b35-26+,36-27+. The van der Waals surface area contributed by atoms with E-state index in [9.17, 15) is 9.59 Å². The number of carbonyl (C=O) groups is 2. The third-order valence-electron chi connectivity index (χ3n) is 5.67. The molecule has 4 N–H and O–H groups in total. The molecule has 0 saturated heterocycles. The molecule has 216 valence electrons. The van der Waals surface area contributed by atoms with E-state index in [0.717, 1.165) is 22.4 Å². The van der Waals surface area contributed by atoms with Gasteiger partial charge in [-0.2, -0.15) is 0 Å². The largest absolute Gasteiger partial charge is 0.377 e. The Hall–Kier alpha value is -4.29. The lowest BCUT2D eigenvalue weighted by Gasteiger charge is -2.15. The van der Waals surface area contributed by atoms with Crippen molar-refractivity contribution in [3.8, 4) is 0 Å². The van der Waals surface area contributed by atoms with Crippen LogP contribution in [0.2, 0.25) is 6.55 Å². The minimum Gasteiger partial charge on any atom is -0.377 e. The van der Waals surface area contributed by atoms with Crippen LogP contribution in [-0.4, -0.2) is 39.0 Å². The van der Waals surface area contributed by atoms with Crippen molar-refractivity contribution in [2.24, 2.45) is 31.9 Å². The monoisotopic (exact) mass is 642 g/mol. The van der Waals surface area contributed by atoms with Gasteiger partial charge in [0.05, 0.1) is 0 Å². The Balaban J connectivity index is 1.53. The fraction of sp³-hybridized carbons (Fsp3) is 0.0323. The van der Waals surface area contributed by atoms with Gasteiger partial charge in [-0.25, -0.2) is 0 Å². The fourth-order valence-electron chi connectivity index (χ4n) is 3.75. The summed E-state index contributed by atoms with van der Waals surface area (Å²) >= 11 is 9.04. The van der Waals surface area contributed by atoms with Crippen molar-refractivity contribution in [2.45, 2.75) is 6.55 Å². The lowest BCUT2D eigenvalue weighted by atomic mass is 10.0. The van der Waals surface area contributed by atoms with Gasteiger partial charge in [0, 0.05) is 22.3 Å². The fourth-order valence-corrected chi connectivity index (χ4v) is 10.6. The van der Waals surface area contributed by atoms with Gasteiger partial charge in [-0.05, 0) is 6.55 Å². The number of ketones is 2. The van der Waals surface area contributed by atoms with Gasteiger partial charge in [-0.3, -0.25) is 9.59 Å². The molecule has 0 radical (unpaired) electrons. The molecule has 4 aromatic rings. The molecule has 0 fully saturated rings. The Bertz CT molecular complexity index is 1560. The molecule has 8 nitrogen and oxygen atoms in total. The number of Topliss-reactive ketones (excluding diaryl/α,β-unsaturated/α-hetero) is 2. The molecule has 12 heteroatoms. The highest BCUT2D eigenvalue weighted by Gasteiger charge is 2.31. The van der Waals surface area contributed by atoms with Crippen LogP contribution in [0.1, 0.15) is 31.8 Å². The molecular weight excluding hydrogens is 616 g/mol. The number of carbonyl (C=O) groups excluding carboxylic acids is 2. The first kappa shape index (κ1) is 31.6. The smallest absolute Gasteiger partial charge is 0.286 e. The third kappa shape index (κ3) is 9.35. The third-order valence-corrected chi connectivity index (χ3v) is 13.3. The van der Waals surface area contributed by atoms with Crippen LogP contribution < -0.4 is 11.5 Å². The van der Waals surface area contributed by atoms with Gasteiger partial charge < -0.3 is 11.5 Å². The first-order valence-corrected chi connectivity index (χ1v) is 19.5. The van der Waals surface area contributed by atoms with E-state index in [1.807, 2.05) is 48.5 Å². The maximum absolute atomic E-state index is 13.2. The van der Waals surface area contributed by atoms with Gasteiger partial charge >= 0.3 is 0 Å². The van der Waals surface area contributed by atoms with E-state index in [1.54, 1.807) is 79.3 Å². The number of amidine groups is 2. The summed E-state index contributed by atoms with van der Waals surface area (Å²) in [7, 11) is 0. The van der Waals surface area contributed by atoms with Crippen molar-refractivity contribution in [3.05, 3.63) is 144 Å². The number of rotatable bonds is 10. The van der Waals surface area contributed by atoms with Crippen LogP contribution in [0, 0.1) is 0 Å². The summed E-state index contributed by atoms with van der Waals surface area (Å²) in [6.07, 6.45) is 0. The minimum absolute atomic E-state index is 0.0616. The van der Waals surface area contributed by atoms with Gasteiger partial charge in [0.25, 0.3) is 5.68 Å². The summed E-state index contributed by atoms with van der Waals surface area (Å²) in [6, 6.07) is 35.7. The Kier molecular flexibility index (Phi) is 11.2. The zero-order chi connectivity index (χ0) is 30.7. The quantitative estimate of drug-likeness (QED) is 0.0509. The van der Waals surface area contributed by atoms with Crippen LogP contribution in [0.3, 0.4) is 0 Å². The van der Waals surface area contributed by atoms with Crippen LogP contribution in [-0.2, 0) is 0 Å². The Morgan fingerprint density at radius 3 is 1.12 bits per heavy atom. The molecule has 0 aliphatic carbocycles. The zero-order valence-electron chi connectivity index (χ0n) is 23.0. The van der Waals surface area contributed by atoms with Crippen molar-refractivity contribution in [2.75, 3.05) is 0 Å². The molecule has 0 unspecified atom stereocenters. The van der Waals surface area contributed by atoms with E-state index in [-0.39, 0.29) is 33.3 Å². The van der Waals surface area contributed by atoms with Crippen LogP contribution in [0.4, 0.5) is 0 Å². The molecule has 0 aliphatic rings. The molecule has 0 bridgehead atoms. The zero-order valence-corrected chi connectivity index (χ0v) is 26.4. The number of hydrogen-bond acceptors (Lipinski definition) is 8. The lowest BCUT2D eigenvalue weighted by Crippen LogP contribution is -2.25. The van der Waals surface area contributed by atoms with E-state index in [0.29, 0.717) is 22.3 Å². The molecule has 0 aromatic heterocycles. The second-order valence-electron chi connectivity index (χ2n) is 8.94. The predicted molar refractivity (Wildman–Crippen MR) is 183 cm³/mol. The van der Waals surface area contributed by atoms with Gasteiger partial charge in [0.15, 0.2) is 10.3 Å². The second-order valence-corrected chi connectivity index (χ2v) is 22.4. The molecule has 4 rings (SSSR count). The number of benzene rings is 4. The van der Waals surface area contributed by atoms with Gasteiger partial charge in [-0.1, -0.05) is 144 Å². The van der Waals surface area contributed by atoms with E-state index in [1.165, 1.54) is 0 Å². The minimum atomic E-state index is -2.83. The number of nitrogens with zero attached hydrogens (tertiary/aromatic N) is 4. The average molecular weight is 643 g/mol. The predicted octanol–water partition coefficient (Wildman–Crippen LogP) is 6.46. The van der Waals surface area contributed by atoms with Crippen LogP contribution in [0.5, 0.6) is 0 Å². The highest BCUT2D eigenvalue weighted by Crippen LogP contribution is 2.36. The van der Waals surface area contributed by atoms with Crippen molar-refractivity contribution in [1.29, 1.82) is 0 Å². The maximum Gasteiger partial charge on any atom is 0.286 e. The summed E-state index contributed by atoms with van der Waals surface area (Å²) in [5.41, 5.74) is 12.0. The molecule has 4 aromatic carbocycles. The first-order chi connectivity index (χ1) is 20.7. The molecule has 0 atom stereocenters. The molecule has 0 saturated carbocycles. The van der Waals surface area contributed by atoms with Crippen molar-refractivity contribution < 1.29 is 9.59 Å². The molecule has 0 spiro atoms. The summed E-state index contributed by atoms with van der Waals surface area (Å²) in [6.45, 7) is 1.79. The van der Waals surface area contributed by atoms with Gasteiger partial charge in [0.1, 0.15) is 11.4 Å². The second kappa shape index (κ2) is 15.3. The highest BCUT2D eigenvalue weighted by atomic mass is 35.6. The van der Waals surface area contributed by atoms with E-state index in [2.05, 4.69) is 20.4 Å². The number of nitrogens with two attached hydrogens (primary N) is 2. The molecule has 0 amide bonds. The molecular formula is C31H27ClN6O2S2Si. The first-order valence-electron chi connectivity index (χ1n) is 12.9. The van der Waals surface area contributed by atoms with Crippen molar-refractivity contribution in [3.63, 3.8) is 0 Å². The number of hydrogen-bond donors (Lipinski definition) is 2. The summed E-state index contributed by atoms with van der Waals surface area (Å²) in [5.74, 6) is -0.579. The molecule has 0 heterocycles. The topological polar surface area (TPSA) is 136 Å². The lowest BCUT2D eigenvalue weighted by molar-refractivity contribution is 0.105. The maximum atomic E-state index is 13.2. The van der Waals surface area contributed by atoms with E-state index < -0.39 is 5.68 Å². The summed E-state index contributed by atoms with van der Waals surface area (Å²) < 4.78 is 0. The van der Waals surface area contributed by atoms with Crippen LogP contribution in [0.15, 0.2) is 142 Å². The van der Waals surface area contributed by atoms with E-state index in [4.69, 9.17) is 22.5 Å². The molecule has 0 aliphatic heterocycles. The van der Waals surface area contributed by atoms with Crippen LogP contribution >= 0.6 is 33.5 Å². The van der Waals surface area contributed by atoms with Crippen LogP contribution in [0.25, 0.3) is 0 Å². The summed E-state index contributed by atoms with van der Waals surface area (Å²) in [5, 5.41) is 16.8. The SMILES string of the molecule is C[Si](Cl)(S/C(N)=N/N=C(/C(=O)c1ccccc1)c1ccccc1)S/C(N)=N/N=C(/C(=O)c1ccccc1)c1ccccc1. The van der Waals surface area contributed by atoms with Gasteiger partial charge in [0.2, 0.25) is 11.6 Å². The normalized spacial score (nSPS) is 13.1. The van der Waals surface area contributed by atoms with E-state index >= 15 is 0 Å². The van der Waals surface area contributed by atoms with Crippen molar-refractivity contribution >= 4 is 72.5 Å².